The molecule has 0 aliphatic rings. The predicted molar refractivity (Wildman–Crippen MR) is 45.2 cm³/mol. The fourth-order valence-corrected chi connectivity index (χ4v) is 1.19. The van der Waals surface area contributed by atoms with Crippen molar-refractivity contribution in [1.29, 1.82) is 0 Å². The smallest absolute Gasteiger partial charge is 0.270 e. The number of halogens is 2. The second-order valence-corrected chi connectivity index (χ2v) is 2.52. The van der Waals surface area contributed by atoms with Gasteiger partial charge in [0.05, 0.1) is 6.26 Å². The van der Waals surface area contributed by atoms with Crippen LogP contribution in [-0.4, -0.2) is 0 Å². The molecule has 1 nitrogen and oxygen atoms in total. The van der Waals surface area contributed by atoms with Crippen molar-refractivity contribution in [2.24, 2.45) is 0 Å². The zero-order chi connectivity index (χ0) is 9.26. The Morgan fingerprint density at radius 2 is 2.23 bits per heavy atom. The van der Waals surface area contributed by atoms with E-state index in [0.717, 1.165) is 6.08 Å². The van der Waals surface area contributed by atoms with Gasteiger partial charge in [0, 0.05) is 11.5 Å². The topological polar surface area (TPSA) is 13.1 Å². The maximum Gasteiger partial charge on any atom is 0.270 e. The molecule has 0 spiro atoms. The van der Waals surface area contributed by atoms with Crippen LogP contribution in [0.4, 0.5) is 8.78 Å². The zero-order valence-electron chi connectivity index (χ0n) is 6.55. The lowest BCUT2D eigenvalue weighted by molar-refractivity contribution is 0.429. The van der Waals surface area contributed by atoms with Crippen LogP contribution in [0.2, 0.25) is 0 Å². The normalized spacial score (nSPS) is 10.3. The first kappa shape index (κ1) is 7.98. The molecular formula is C10H5F2O. The number of fused-ring (bicyclic) bond motifs is 1. The fourth-order valence-electron chi connectivity index (χ4n) is 1.19. The third-order valence-corrected chi connectivity index (χ3v) is 1.71. The summed E-state index contributed by atoms with van der Waals surface area (Å²) in [6, 6.07) is 7.59. The van der Waals surface area contributed by atoms with E-state index in [2.05, 4.69) is 6.07 Å². The summed E-state index contributed by atoms with van der Waals surface area (Å²) in [5, 5.41) is 0.648. The first-order chi connectivity index (χ1) is 6.27. The molecule has 2 aromatic rings. The number of benzene rings is 1. The van der Waals surface area contributed by atoms with Crippen molar-refractivity contribution in [1.82, 2.24) is 0 Å². The second-order valence-electron chi connectivity index (χ2n) is 2.52. The van der Waals surface area contributed by atoms with Crippen LogP contribution in [0, 0.1) is 6.07 Å². The van der Waals surface area contributed by atoms with E-state index in [0.29, 0.717) is 16.5 Å². The summed E-state index contributed by atoms with van der Waals surface area (Å²) in [6.45, 7) is 0. The molecule has 0 aliphatic carbocycles. The molecule has 0 amide bonds. The minimum absolute atomic E-state index is 0.353. The molecule has 1 aromatic heterocycles. The van der Waals surface area contributed by atoms with Gasteiger partial charge in [-0.3, -0.25) is 0 Å². The molecule has 0 saturated carbocycles. The molecule has 0 fully saturated rings. The first-order valence-corrected chi connectivity index (χ1v) is 3.68. The average molecular weight is 179 g/mol. The Morgan fingerprint density at radius 1 is 1.38 bits per heavy atom. The monoisotopic (exact) mass is 179 g/mol. The van der Waals surface area contributed by atoms with Gasteiger partial charge in [-0.1, -0.05) is 6.07 Å². The standard InChI is InChI=1S/C10H5F2O/c11-10(12)6-7-2-1-3-9-8(7)4-5-13-9/h1,3-6H. The maximum atomic E-state index is 12.0. The van der Waals surface area contributed by atoms with Gasteiger partial charge in [0.25, 0.3) is 6.08 Å². The Morgan fingerprint density at radius 3 is 3.00 bits per heavy atom. The van der Waals surface area contributed by atoms with Gasteiger partial charge in [-0.05, 0) is 23.8 Å². The number of furan rings is 1. The van der Waals surface area contributed by atoms with Gasteiger partial charge in [0.2, 0.25) is 0 Å². The Labute approximate surface area is 73.3 Å². The number of rotatable bonds is 1. The molecule has 1 radical (unpaired) electrons. The molecule has 0 bridgehead atoms. The minimum Gasteiger partial charge on any atom is -0.464 e. The summed E-state index contributed by atoms with van der Waals surface area (Å²) >= 11 is 0. The molecule has 0 aliphatic heterocycles. The summed E-state index contributed by atoms with van der Waals surface area (Å²) in [5.74, 6) is 0. The molecule has 13 heavy (non-hydrogen) atoms. The Balaban J connectivity index is 2.68. The van der Waals surface area contributed by atoms with E-state index in [9.17, 15) is 8.78 Å². The van der Waals surface area contributed by atoms with Crippen molar-refractivity contribution in [3.05, 3.63) is 42.2 Å². The van der Waals surface area contributed by atoms with Crippen molar-refractivity contribution >= 4 is 17.0 Å². The van der Waals surface area contributed by atoms with Crippen LogP contribution in [0.25, 0.3) is 17.0 Å². The highest BCUT2D eigenvalue weighted by Gasteiger charge is 2.01. The Kier molecular flexibility index (Phi) is 1.85. The third kappa shape index (κ3) is 1.45. The van der Waals surface area contributed by atoms with E-state index in [1.54, 1.807) is 18.2 Å². The fraction of sp³-hybridized carbons (Fsp3) is 0. The van der Waals surface area contributed by atoms with Crippen molar-refractivity contribution < 1.29 is 13.2 Å². The summed E-state index contributed by atoms with van der Waals surface area (Å²) in [5.41, 5.74) is 0.942. The highest BCUT2D eigenvalue weighted by atomic mass is 19.3. The van der Waals surface area contributed by atoms with Crippen LogP contribution in [0.3, 0.4) is 0 Å². The number of hydrogen-bond donors (Lipinski definition) is 0. The van der Waals surface area contributed by atoms with Crippen LogP contribution in [0.5, 0.6) is 0 Å². The molecule has 0 saturated heterocycles. The second kappa shape index (κ2) is 3.01. The molecule has 65 valence electrons. The Hall–Kier alpha value is -1.64. The zero-order valence-corrected chi connectivity index (χ0v) is 6.55. The van der Waals surface area contributed by atoms with Crippen LogP contribution in [-0.2, 0) is 0 Å². The van der Waals surface area contributed by atoms with Gasteiger partial charge >= 0.3 is 0 Å². The molecule has 1 aromatic carbocycles. The predicted octanol–water partition coefficient (Wildman–Crippen LogP) is 3.47. The third-order valence-electron chi connectivity index (χ3n) is 1.71. The summed E-state index contributed by atoms with van der Waals surface area (Å²) in [4.78, 5) is 0. The lowest BCUT2D eigenvalue weighted by Crippen LogP contribution is -1.73. The molecule has 2 rings (SSSR count). The van der Waals surface area contributed by atoms with E-state index in [1.807, 2.05) is 0 Å². The van der Waals surface area contributed by atoms with Gasteiger partial charge in [0.15, 0.2) is 0 Å². The minimum atomic E-state index is -1.73. The highest BCUT2D eigenvalue weighted by molar-refractivity contribution is 5.86. The Bertz CT molecular complexity index is 453. The van der Waals surface area contributed by atoms with Gasteiger partial charge in [0.1, 0.15) is 5.58 Å². The summed E-state index contributed by atoms with van der Waals surface area (Å²) in [6.07, 6.45) is 0.508. The van der Waals surface area contributed by atoms with E-state index < -0.39 is 6.08 Å². The van der Waals surface area contributed by atoms with Gasteiger partial charge in [-0.2, -0.15) is 8.78 Å². The largest absolute Gasteiger partial charge is 0.464 e. The van der Waals surface area contributed by atoms with Crippen molar-refractivity contribution in [2.75, 3.05) is 0 Å². The summed E-state index contributed by atoms with van der Waals surface area (Å²) < 4.78 is 29.0. The van der Waals surface area contributed by atoms with Crippen LogP contribution in [0.1, 0.15) is 5.56 Å². The van der Waals surface area contributed by atoms with Crippen LogP contribution >= 0.6 is 0 Å². The van der Waals surface area contributed by atoms with E-state index in [1.165, 1.54) is 6.26 Å². The van der Waals surface area contributed by atoms with Gasteiger partial charge in [-0.25, -0.2) is 0 Å². The lowest BCUT2D eigenvalue weighted by atomic mass is 10.1. The van der Waals surface area contributed by atoms with Crippen molar-refractivity contribution in [3.63, 3.8) is 0 Å². The molecule has 0 unspecified atom stereocenters. The SMILES string of the molecule is FC(F)=Cc1[c]ccc2occc12. The lowest BCUT2D eigenvalue weighted by Gasteiger charge is -1.92. The average Bonchev–Trinajstić information content (AvgIpc) is 2.51. The van der Waals surface area contributed by atoms with E-state index in [4.69, 9.17) is 4.42 Å². The number of hydrogen-bond acceptors (Lipinski definition) is 1. The van der Waals surface area contributed by atoms with Crippen LogP contribution in [0.15, 0.2) is 35.0 Å². The first-order valence-electron chi connectivity index (χ1n) is 3.68. The maximum absolute atomic E-state index is 12.0. The van der Waals surface area contributed by atoms with E-state index in [-0.39, 0.29) is 0 Å². The van der Waals surface area contributed by atoms with E-state index >= 15 is 0 Å². The van der Waals surface area contributed by atoms with Crippen molar-refractivity contribution in [2.45, 2.75) is 0 Å². The van der Waals surface area contributed by atoms with Crippen LogP contribution < -0.4 is 0 Å². The molecular weight excluding hydrogens is 174 g/mol. The van der Waals surface area contributed by atoms with Crippen molar-refractivity contribution in [3.8, 4) is 0 Å². The molecule has 1 heterocycles. The highest BCUT2D eigenvalue weighted by Crippen LogP contribution is 2.21. The van der Waals surface area contributed by atoms with Gasteiger partial charge < -0.3 is 4.42 Å². The van der Waals surface area contributed by atoms with Gasteiger partial charge in [-0.15, -0.1) is 0 Å². The quantitative estimate of drug-likeness (QED) is 0.653. The summed E-state index contributed by atoms with van der Waals surface area (Å²) in [7, 11) is 0. The molecule has 0 N–H and O–H groups in total. The molecule has 0 atom stereocenters. The molecule has 3 heteroatoms.